The van der Waals surface area contributed by atoms with E-state index in [1.54, 1.807) is 38.2 Å². The van der Waals surface area contributed by atoms with E-state index in [-0.39, 0.29) is 54.7 Å². The molecule has 8 atom stereocenters. The Labute approximate surface area is 340 Å². The van der Waals surface area contributed by atoms with Gasteiger partial charge in [-0.3, -0.25) is 29.8 Å². The second-order valence-electron chi connectivity index (χ2n) is 15.3. The van der Waals surface area contributed by atoms with Crippen molar-refractivity contribution in [1.29, 1.82) is 0 Å². The molecule has 2 aliphatic rings. The highest BCUT2D eigenvalue weighted by atomic mass is 16.5. The molecular formula is C42H81N7O7. The van der Waals surface area contributed by atoms with Crippen LogP contribution in [0.2, 0.25) is 0 Å². The number of amides is 5. The van der Waals surface area contributed by atoms with Gasteiger partial charge < -0.3 is 35.2 Å². The molecule has 8 unspecified atom stereocenters. The Bertz CT molecular complexity index is 1160. The molecule has 1 aliphatic heterocycles. The summed E-state index contributed by atoms with van der Waals surface area (Å²) in [5, 5.41) is 9.55. The van der Waals surface area contributed by atoms with Crippen LogP contribution < -0.4 is 21.8 Å². The Kier molecular flexibility index (Phi) is 31.0. The van der Waals surface area contributed by atoms with Gasteiger partial charge in [-0.15, -0.1) is 0 Å². The van der Waals surface area contributed by atoms with E-state index in [4.69, 9.17) is 20.1 Å². The molecule has 1 fully saturated rings. The predicted molar refractivity (Wildman–Crippen MR) is 226 cm³/mol. The summed E-state index contributed by atoms with van der Waals surface area (Å²) in [6, 6.07) is -0.119. The monoisotopic (exact) mass is 796 g/mol. The first-order valence-corrected chi connectivity index (χ1v) is 20.5. The van der Waals surface area contributed by atoms with E-state index < -0.39 is 18.1 Å². The van der Waals surface area contributed by atoms with Gasteiger partial charge in [0, 0.05) is 54.0 Å². The first kappa shape index (κ1) is 54.8. The molecule has 0 saturated carbocycles. The van der Waals surface area contributed by atoms with Gasteiger partial charge in [0.25, 0.3) is 0 Å². The number of likely N-dealkylation sites (N-methyl/N-ethyl adjacent to an activating group) is 1. The highest BCUT2D eigenvalue weighted by Gasteiger charge is 2.42. The van der Waals surface area contributed by atoms with Crippen molar-refractivity contribution in [3.05, 3.63) is 23.8 Å². The number of nitrogens with two attached hydrogens (primary N) is 1. The van der Waals surface area contributed by atoms with Crippen LogP contribution in [-0.4, -0.2) is 130 Å². The first-order chi connectivity index (χ1) is 26.5. The Morgan fingerprint density at radius 2 is 1.61 bits per heavy atom. The third kappa shape index (κ3) is 20.7. The van der Waals surface area contributed by atoms with Crippen molar-refractivity contribution in [2.24, 2.45) is 23.6 Å². The minimum Gasteiger partial charge on any atom is -0.379 e. The molecule has 0 bridgehead atoms. The summed E-state index contributed by atoms with van der Waals surface area (Å²) in [4.78, 5) is 62.9. The maximum Gasteiger partial charge on any atom is 0.242 e. The smallest absolute Gasteiger partial charge is 0.242 e. The van der Waals surface area contributed by atoms with Gasteiger partial charge in [-0.1, -0.05) is 85.1 Å². The molecule has 14 heteroatoms. The molecule has 0 aromatic rings. The van der Waals surface area contributed by atoms with E-state index in [2.05, 4.69) is 68.8 Å². The third-order valence-corrected chi connectivity index (χ3v) is 10.4. The number of rotatable bonds is 20. The molecule has 0 spiro atoms. The van der Waals surface area contributed by atoms with E-state index in [1.165, 1.54) is 12.0 Å². The number of allylic oxidation sites excluding steroid dienone is 3. The van der Waals surface area contributed by atoms with Crippen LogP contribution in [0.1, 0.15) is 114 Å². The Morgan fingerprint density at radius 1 is 1.00 bits per heavy atom. The molecule has 1 saturated heterocycles. The lowest BCUT2D eigenvalue weighted by Crippen LogP contribution is -2.54. The molecule has 5 N–H and O–H groups in total. The number of hydrazine groups is 1. The Balaban J connectivity index is 0. The molecule has 56 heavy (non-hydrogen) atoms. The van der Waals surface area contributed by atoms with Crippen LogP contribution in [0.3, 0.4) is 0 Å². The molecule has 0 aromatic carbocycles. The number of carbonyl (C=O) groups excluding carboxylic acids is 5. The van der Waals surface area contributed by atoms with Gasteiger partial charge in [-0.2, -0.15) is 0 Å². The minimum atomic E-state index is -0.533. The van der Waals surface area contributed by atoms with E-state index in [0.29, 0.717) is 31.3 Å². The van der Waals surface area contributed by atoms with Crippen LogP contribution in [-0.2, 0) is 33.4 Å². The van der Waals surface area contributed by atoms with E-state index in [9.17, 15) is 19.2 Å². The van der Waals surface area contributed by atoms with Crippen LogP contribution >= 0.6 is 0 Å². The molecule has 1 aliphatic carbocycles. The van der Waals surface area contributed by atoms with Crippen molar-refractivity contribution >= 4 is 30.5 Å². The van der Waals surface area contributed by atoms with Gasteiger partial charge in [-0.05, 0) is 57.8 Å². The quantitative estimate of drug-likeness (QED) is 0.0789. The minimum absolute atomic E-state index is 0.0147. The summed E-state index contributed by atoms with van der Waals surface area (Å²) in [5.74, 6) is 5.31. The van der Waals surface area contributed by atoms with Crippen molar-refractivity contribution < 1.29 is 33.4 Å². The van der Waals surface area contributed by atoms with Crippen LogP contribution in [0.25, 0.3) is 0 Å². The highest BCUT2D eigenvalue weighted by Crippen LogP contribution is 2.29. The number of nitrogens with zero attached hydrogens (tertiary/aromatic N) is 3. The summed E-state index contributed by atoms with van der Waals surface area (Å²) in [6.07, 6.45) is 13.2. The van der Waals surface area contributed by atoms with Crippen molar-refractivity contribution in [3.63, 3.8) is 0 Å². The topological polar surface area (TPSA) is 176 Å². The molecule has 2 rings (SSSR count). The van der Waals surface area contributed by atoms with Crippen LogP contribution in [0, 0.1) is 17.8 Å². The van der Waals surface area contributed by atoms with E-state index in [1.807, 2.05) is 39.6 Å². The lowest BCUT2D eigenvalue weighted by molar-refractivity contribution is -0.145. The SMILES string of the molecule is CC(C)C(C)N(C)N.CCC.CCC(C)C(C(CC(=O)N1CCCC1C(OC)C(C)C(=O)NC(C)CC1=CCCC=C1)OC)N(C)C(=O)CNC=O.CNC=O. The fourth-order valence-electron chi connectivity index (χ4n) is 6.65. The van der Waals surface area contributed by atoms with Crippen molar-refractivity contribution in [1.82, 2.24) is 30.8 Å². The zero-order chi connectivity index (χ0) is 43.4. The summed E-state index contributed by atoms with van der Waals surface area (Å²) >= 11 is 0. The molecule has 0 radical (unpaired) electrons. The van der Waals surface area contributed by atoms with Gasteiger partial charge in [0.15, 0.2) is 0 Å². The third-order valence-electron chi connectivity index (χ3n) is 10.4. The van der Waals surface area contributed by atoms with Crippen molar-refractivity contribution in [2.45, 2.75) is 150 Å². The second-order valence-corrected chi connectivity index (χ2v) is 15.3. The summed E-state index contributed by atoms with van der Waals surface area (Å²) in [5.41, 5.74) is 1.24. The number of carbonyl (C=O) groups is 5. The average Bonchev–Trinajstić information content (AvgIpc) is 3.66. The Morgan fingerprint density at radius 3 is 2.04 bits per heavy atom. The molecule has 5 amide bonds. The number of likely N-dealkylation sites (tertiary alicyclic amines) is 1. The largest absolute Gasteiger partial charge is 0.379 e. The van der Waals surface area contributed by atoms with Crippen molar-refractivity contribution in [2.75, 3.05) is 48.5 Å². The number of hydrogen-bond donors (Lipinski definition) is 4. The fourth-order valence-corrected chi connectivity index (χ4v) is 6.65. The van der Waals surface area contributed by atoms with Crippen LogP contribution in [0.4, 0.5) is 0 Å². The first-order valence-electron chi connectivity index (χ1n) is 20.5. The molecule has 1 heterocycles. The van der Waals surface area contributed by atoms with Gasteiger partial charge >= 0.3 is 0 Å². The highest BCUT2D eigenvalue weighted by molar-refractivity contribution is 5.81. The number of ether oxygens (including phenoxy) is 2. The zero-order valence-electron chi connectivity index (χ0n) is 37.4. The number of nitrogens with one attached hydrogen (secondary N) is 3. The molecule has 326 valence electrons. The van der Waals surface area contributed by atoms with Gasteiger partial charge in [0.05, 0.1) is 43.2 Å². The maximum absolute atomic E-state index is 13.7. The maximum atomic E-state index is 13.7. The van der Waals surface area contributed by atoms with Gasteiger partial charge in [0.2, 0.25) is 30.5 Å². The number of methoxy groups -OCH3 is 2. The predicted octanol–water partition coefficient (Wildman–Crippen LogP) is 4.44. The summed E-state index contributed by atoms with van der Waals surface area (Å²) < 4.78 is 11.7. The van der Waals surface area contributed by atoms with E-state index >= 15 is 0 Å². The van der Waals surface area contributed by atoms with Crippen LogP contribution in [0.15, 0.2) is 23.8 Å². The summed E-state index contributed by atoms with van der Waals surface area (Å²) in [7, 11) is 8.30. The summed E-state index contributed by atoms with van der Waals surface area (Å²) in [6.45, 7) is 19.1. The zero-order valence-corrected chi connectivity index (χ0v) is 37.4. The van der Waals surface area contributed by atoms with Gasteiger partial charge in [-0.25, -0.2) is 5.01 Å². The van der Waals surface area contributed by atoms with Crippen LogP contribution in [0.5, 0.6) is 0 Å². The van der Waals surface area contributed by atoms with Gasteiger partial charge in [0.1, 0.15) is 0 Å². The molecule has 0 aromatic heterocycles. The molecular weight excluding hydrogens is 715 g/mol. The second kappa shape index (κ2) is 31.7. The number of hydrogen-bond acceptors (Lipinski definition) is 9. The Hall–Kier alpha value is -3.33. The fraction of sp³-hybridized carbons (Fsp3) is 0.786. The normalized spacial score (nSPS) is 18.4. The molecule has 14 nitrogen and oxygen atoms in total. The average molecular weight is 796 g/mol. The lowest BCUT2D eigenvalue weighted by Gasteiger charge is -2.39. The lowest BCUT2D eigenvalue weighted by atomic mass is 9.90. The van der Waals surface area contributed by atoms with E-state index in [0.717, 1.165) is 38.5 Å². The van der Waals surface area contributed by atoms with Crippen molar-refractivity contribution in [3.8, 4) is 0 Å². The standard InChI is InChI=1S/C31H52N4O6.C6H16N2.C3H8.C2H5NO/c1-8-21(2)29(34(5)28(38)19-32-20-36)26(40-6)18-27(37)35-16-12-15-25(35)30(41-7)23(4)31(39)33-22(3)17-24-13-10-9-11-14-24;1-5(2)6(3)8(4)7;1-3-2;1-3-2-4/h10,13-14,20-23,25-26,29-30H,8-9,11-12,15-19H2,1-7H3,(H,32,36)(H,33,39);5-6H,7H2,1-4H3;3H2,1-2H3;2H,1H3,(H,3,4).